The van der Waals surface area contributed by atoms with E-state index in [1.54, 1.807) is 4.72 Å². The molecule has 2 unspecified atom stereocenters. The Labute approximate surface area is 236 Å². The summed E-state index contributed by atoms with van der Waals surface area (Å²) < 4.78 is 86.8. The lowest BCUT2D eigenvalue weighted by molar-refractivity contribution is -0.187. The third kappa shape index (κ3) is 6.30. The van der Waals surface area contributed by atoms with E-state index >= 15 is 0 Å². The highest BCUT2D eigenvalue weighted by Gasteiger charge is 2.57. The Balaban J connectivity index is 1.67. The fourth-order valence-corrected chi connectivity index (χ4v) is 5.29. The van der Waals surface area contributed by atoms with Crippen molar-refractivity contribution in [3.63, 3.8) is 0 Å². The van der Waals surface area contributed by atoms with Gasteiger partial charge in [-0.15, -0.1) is 0 Å². The molecule has 3 atom stereocenters. The number of halogens is 4. The first kappa shape index (κ1) is 30.7. The van der Waals surface area contributed by atoms with Gasteiger partial charge in [0.2, 0.25) is 11.5 Å². The molecule has 2 aromatic rings. The number of alkyl halides is 3. The van der Waals surface area contributed by atoms with Crippen LogP contribution >= 0.6 is 0 Å². The second kappa shape index (κ2) is 11.2. The van der Waals surface area contributed by atoms with Gasteiger partial charge in [0, 0.05) is 37.7 Å². The second-order valence-electron chi connectivity index (χ2n) is 9.71. The molecule has 2 aliphatic rings. The monoisotopic (exact) mass is 615 g/mol. The molecular weight excluding hydrogens is 590 g/mol. The van der Waals surface area contributed by atoms with Gasteiger partial charge in [-0.25, -0.2) is 23.4 Å². The number of ether oxygens (including phenoxy) is 1. The van der Waals surface area contributed by atoms with Crippen LogP contribution in [-0.4, -0.2) is 56.5 Å². The van der Waals surface area contributed by atoms with Crippen molar-refractivity contribution in [2.45, 2.75) is 50.0 Å². The smallest absolute Gasteiger partial charge is 0.415 e. The minimum absolute atomic E-state index is 0.0172. The Morgan fingerprint density at radius 2 is 1.83 bits per heavy atom. The van der Waals surface area contributed by atoms with Crippen molar-refractivity contribution in [2.24, 2.45) is 0 Å². The molecule has 1 aliphatic heterocycles. The van der Waals surface area contributed by atoms with Gasteiger partial charge in [-0.05, 0) is 48.2 Å². The fourth-order valence-electron chi connectivity index (χ4n) is 4.89. The Kier molecular flexibility index (Phi) is 8.19. The van der Waals surface area contributed by atoms with Gasteiger partial charge in [0.15, 0.2) is 0 Å². The summed E-state index contributed by atoms with van der Waals surface area (Å²) in [5.74, 6) is -3.38. The number of fused-ring (bicyclic) bond motifs is 2. The molecule has 226 valence electrons. The van der Waals surface area contributed by atoms with E-state index in [4.69, 9.17) is 4.74 Å². The molecule has 1 heterocycles. The predicted molar refractivity (Wildman–Crippen MR) is 137 cm³/mol. The maximum absolute atomic E-state index is 13.8. The minimum atomic E-state index is -4.80. The van der Waals surface area contributed by atoms with E-state index in [1.807, 2.05) is 10.0 Å². The number of alkyl carbamates (subject to hydrolysis) is 1. The maximum atomic E-state index is 13.8. The minimum Gasteiger partial charge on any atom is -0.427 e. The van der Waals surface area contributed by atoms with Crippen LogP contribution in [0.1, 0.15) is 42.4 Å². The number of nitrogens with zero attached hydrogens (tertiary/aromatic N) is 1. The molecule has 12 nitrogen and oxygen atoms in total. The van der Waals surface area contributed by atoms with E-state index in [1.165, 1.54) is 30.3 Å². The Morgan fingerprint density at radius 1 is 1.17 bits per heavy atom. The number of anilines is 1. The van der Waals surface area contributed by atoms with Crippen molar-refractivity contribution < 1.29 is 49.9 Å². The number of benzene rings is 2. The molecule has 2 aromatic carbocycles. The van der Waals surface area contributed by atoms with Crippen LogP contribution in [0.2, 0.25) is 0 Å². The summed E-state index contributed by atoms with van der Waals surface area (Å²) >= 11 is 0. The average Bonchev–Trinajstić information content (AvgIpc) is 3.36. The summed E-state index contributed by atoms with van der Waals surface area (Å²) in [5, 5.41) is 4.29. The molecule has 17 heteroatoms. The topological polar surface area (TPSA) is 163 Å². The average molecular weight is 616 g/mol. The lowest BCUT2D eigenvalue weighted by Gasteiger charge is -2.32. The SMILES string of the molecule is CNS(=O)(=O)NC(=O)Nc1ccc2c(c1)C(CC(=O)N(Cc1ccc(F)cc1)[C@@H](C)C(F)(F)F)CC21OC(=O)NC1=O. The van der Waals surface area contributed by atoms with E-state index in [2.05, 4.69) is 5.32 Å². The van der Waals surface area contributed by atoms with Crippen LogP contribution in [0.15, 0.2) is 42.5 Å². The molecule has 0 radical (unpaired) electrons. The fraction of sp³-hybridized carbons (Fsp3) is 0.360. The Bertz CT molecular complexity index is 1530. The van der Waals surface area contributed by atoms with Crippen LogP contribution in [0.25, 0.3) is 0 Å². The molecule has 5 amide bonds. The number of hydrogen-bond donors (Lipinski definition) is 4. The Hall–Kier alpha value is -4.25. The molecule has 1 saturated heterocycles. The van der Waals surface area contributed by atoms with E-state index < -0.39 is 76.7 Å². The number of amides is 5. The quantitative estimate of drug-likeness (QED) is 0.332. The number of nitrogens with one attached hydrogen (secondary N) is 4. The lowest BCUT2D eigenvalue weighted by Crippen LogP contribution is -2.46. The summed E-state index contributed by atoms with van der Waals surface area (Å²) in [7, 11) is -3.08. The zero-order valence-electron chi connectivity index (χ0n) is 22.0. The standard InChI is InChI=1S/C25H25F4N5O7S/c1-13(25(27,28)29)34(12-14-3-5-16(26)6-4-14)20(35)9-15-11-24(21(36)32-23(38)41-24)19-8-7-17(10-18(15)19)31-22(37)33-42(39,40)30-2/h3-8,10,13,15,30H,9,11-12H2,1-2H3,(H2,31,33,37)(H,32,36,38)/t13-,15?,24?/m0/s1. The molecule has 42 heavy (non-hydrogen) atoms. The van der Waals surface area contributed by atoms with Gasteiger partial charge in [0.05, 0.1) is 0 Å². The third-order valence-corrected chi connectivity index (χ3v) is 8.00. The van der Waals surface area contributed by atoms with E-state index in [0.717, 1.165) is 26.1 Å². The largest absolute Gasteiger partial charge is 0.427 e. The highest BCUT2D eigenvalue weighted by Crippen LogP contribution is 2.51. The first-order valence-corrected chi connectivity index (χ1v) is 13.8. The van der Waals surface area contributed by atoms with Crippen LogP contribution in [0, 0.1) is 5.82 Å². The van der Waals surface area contributed by atoms with Gasteiger partial charge in [-0.2, -0.15) is 21.6 Å². The van der Waals surface area contributed by atoms with Crippen molar-refractivity contribution >= 4 is 39.8 Å². The molecule has 4 N–H and O–H groups in total. The zero-order valence-corrected chi connectivity index (χ0v) is 22.9. The number of carbonyl (C=O) groups is 4. The molecule has 1 spiro atoms. The van der Waals surface area contributed by atoms with E-state index in [9.17, 15) is 45.2 Å². The van der Waals surface area contributed by atoms with Crippen LogP contribution < -0.4 is 20.1 Å². The molecule has 1 fully saturated rings. The van der Waals surface area contributed by atoms with Gasteiger partial charge in [-0.1, -0.05) is 18.2 Å². The van der Waals surface area contributed by atoms with Crippen LogP contribution in [-0.2, 0) is 36.7 Å². The van der Waals surface area contributed by atoms with Crippen LogP contribution in [0.3, 0.4) is 0 Å². The molecule has 0 aromatic heterocycles. The summed E-state index contributed by atoms with van der Waals surface area (Å²) in [6.07, 6.45) is -6.71. The van der Waals surface area contributed by atoms with Crippen molar-refractivity contribution in [3.05, 3.63) is 65.0 Å². The van der Waals surface area contributed by atoms with E-state index in [-0.39, 0.29) is 28.8 Å². The highest BCUT2D eigenvalue weighted by molar-refractivity contribution is 7.88. The maximum Gasteiger partial charge on any atom is 0.415 e. The lowest BCUT2D eigenvalue weighted by atomic mass is 9.94. The number of carbonyl (C=O) groups excluding carboxylic acids is 4. The summed E-state index contributed by atoms with van der Waals surface area (Å²) in [5.41, 5.74) is -1.26. The molecular formula is C25H25F4N5O7S. The van der Waals surface area contributed by atoms with Gasteiger partial charge >= 0.3 is 28.5 Å². The van der Waals surface area contributed by atoms with Crippen molar-refractivity contribution in [2.75, 3.05) is 12.4 Å². The number of hydrogen-bond acceptors (Lipinski definition) is 7. The number of urea groups is 1. The first-order chi connectivity index (χ1) is 19.5. The Morgan fingerprint density at radius 3 is 2.40 bits per heavy atom. The normalized spacial score (nSPS) is 20.5. The summed E-state index contributed by atoms with van der Waals surface area (Å²) in [6.45, 7) is 0.305. The van der Waals surface area contributed by atoms with Gasteiger partial charge in [0.1, 0.15) is 11.9 Å². The number of imide groups is 1. The highest BCUT2D eigenvalue weighted by atomic mass is 32.2. The van der Waals surface area contributed by atoms with Gasteiger partial charge in [-0.3, -0.25) is 14.9 Å². The van der Waals surface area contributed by atoms with Crippen molar-refractivity contribution in [3.8, 4) is 0 Å². The first-order valence-electron chi connectivity index (χ1n) is 12.4. The van der Waals surface area contributed by atoms with Crippen LogP contribution in [0.5, 0.6) is 0 Å². The predicted octanol–water partition coefficient (Wildman–Crippen LogP) is 2.73. The molecule has 0 saturated carbocycles. The zero-order chi connectivity index (χ0) is 31.0. The van der Waals surface area contributed by atoms with Gasteiger partial charge in [0.25, 0.3) is 5.91 Å². The van der Waals surface area contributed by atoms with Crippen molar-refractivity contribution in [1.82, 2.24) is 19.7 Å². The van der Waals surface area contributed by atoms with E-state index in [0.29, 0.717) is 4.90 Å². The molecule has 0 bridgehead atoms. The summed E-state index contributed by atoms with van der Waals surface area (Å²) in [4.78, 5) is 51.0. The van der Waals surface area contributed by atoms with Gasteiger partial charge < -0.3 is 15.0 Å². The second-order valence-corrected chi connectivity index (χ2v) is 11.3. The van der Waals surface area contributed by atoms with Crippen molar-refractivity contribution in [1.29, 1.82) is 0 Å². The summed E-state index contributed by atoms with van der Waals surface area (Å²) in [6, 6.07) is 5.14. The number of rotatable bonds is 8. The third-order valence-electron chi connectivity index (χ3n) is 7.01. The van der Waals surface area contributed by atoms with Crippen LogP contribution in [0.4, 0.5) is 32.8 Å². The molecule has 1 aliphatic carbocycles. The molecule has 4 rings (SSSR count).